The van der Waals surface area contributed by atoms with Crippen molar-refractivity contribution in [3.05, 3.63) is 6.54 Å². The van der Waals surface area contributed by atoms with E-state index >= 15 is 0 Å². The second-order valence-corrected chi connectivity index (χ2v) is 5.01. The minimum atomic E-state index is -0.104. The van der Waals surface area contributed by atoms with E-state index in [1.54, 1.807) is 7.11 Å². The molecular weight excluding hydrogens is 172 g/mol. The highest BCUT2D eigenvalue weighted by molar-refractivity contribution is 8.30. The third-order valence-corrected chi connectivity index (χ3v) is 4.14. The van der Waals surface area contributed by atoms with Gasteiger partial charge in [0.15, 0.2) is 0 Å². The molecule has 0 bridgehead atoms. The Morgan fingerprint density at radius 1 is 1.67 bits per heavy atom. The highest BCUT2D eigenvalue weighted by atomic mass is 32.2. The van der Waals surface area contributed by atoms with Crippen LogP contribution in [0.25, 0.3) is 0 Å². The Kier molecular flexibility index (Phi) is 4.46. The molecule has 1 radical (unpaired) electrons. The molecule has 0 fully saturated rings. The molecule has 1 atom stereocenters. The first-order chi connectivity index (χ1) is 5.88. The van der Waals surface area contributed by atoms with Gasteiger partial charge in [0.1, 0.15) is 0 Å². The predicted molar refractivity (Wildman–Crippen MR) is 55.8 cm³/mol. The van der Waals surface area contributed by atoms with Crippen molar-refractivity contribution in [3.63, 3.8) is 0 Å². The molecule has 0 aliphatic carbocycles. The molecule has 0 saturated carbocycles. The molecule has 0 saturated heterocycles. The maximum atomic E-state index is 5.42. The second kappa shape index (κ2) is 5.43. The van der Waals surface area contributed by atoms with Gasteiger partial charge in [-0.05, 0) is 25.1 Å². The minimum Gasteiger partial charge on any atom is -0.478 e. The van der Waals surface area contributed by atoms with E-state index in [9.17, 15) is 0 Å². The number of rotatable bonds is 4. The number of hydrogen-bond acceptors (Lipinski definition) is 3. The molecule has 0 spiro atoms. The van der Waals surface area contributed by atoms with Crippen molar-refractivity contribution in [1.82, 2.24) is 0 Å². The van der Waals surface area contributed by atoms with E-state index in [1.807, 2.05) is 6.54 Å². The van der Waals surface area contributed by atoms with Crippen molar-refractivity contribution in [2.75, 3.05) is 25.2 Å². The second-order valence-electron chi connectivity index (χ2n) is 2.74. The molecule has 1 rings (SSSR count). The molecule has 4 heteroatoms. The Morgan fingerprint density at radius 2 is 2.50 bits per heavy atom. The summed E-state index contributed by atoms with van der Waals surface area (Å²) in [6.07, 6.45) is 2.33. The Morgan fingerprint density at radius 3 is 3.17 bits per heavy atom. The average molecular weight is 189 g/mol. The van der Waals surface area contributed by atoms with Gasteiger partial charge in [0.2, 0.25) is 5.23 Å². The standard InChI is InChI=1S/C8H17N2OS/c1-11-8-10-5-7-12(8)6-3-2-4-9/h5,12H,2-4,6-7,9H2,1H3. The van der Waals surface area contributed by atoms with E-state index < -0.39 is 0 Å². The molecule has 3 nitrogen and oxygen atoms in total. The van der Waals surface area contributed by atoms with Crippen molar-refractivity contribution < 1.29 is 4.74 Å². The van der Waals surface area contributed by atoms with E-state index in [2.05, 4.69) is 4.99 Å². The molecule has 0 aromatic carbocycles. The van der Waals surface area contributed by atoms with Gasteiger partial charge in [-0.3, -0.25) is 0 Å². The lowest BCUT2D eigenvalue weighted by atomic mass is 10.3. The molecule has 1 unspecified atom stereocenters. The van der Waals surface area contributed by atoms with Gasteiger partial charge in [0.25, 0.3) is 0 Å². The summed E-state index contributed by atoms with van der Waals surface area (Å²) in [5, 5.41) is 0.960. The zero-order valence-electron chi connectivity index (χ0n) is 7.49. The Labute approximate surface area is 76.7 Å². The van der Waals surface area contributed by atoms with Gasteiger partial charge in [-0.25, -0.2) is 4.99 Å². The number of aliphatic imine (C=N–C) groups is 1. The van der Waals surface area contributed by atoms with E-state index in [4.69, 9.17) is 10.5 Å². The van der Waals surface area contributed by atoms with Gasteiger partial charge in [-0.1, -0.05) is 0 Å². The zero-order chi connectivity index (χ0) is 8.81. The SMILES string of the molecule is COC1=N[CH]C[SH]1CCCCN. The van der Waals surface area contributed by atoms with E-state index in [0.29, 0.717) is 0 Å². The van der Waals surface area contributed by atoms with Crippen molar-refractivity contribution >= 4 is 16.1 Å². The van der Waals surface area contributed by atoms with Gasteiger partial charge < -0.3 is 10.5 Å². The summed E-state index contributed by atoms with van der Waals surface area (Å²) in [7, 11) is 1.60. The number of nitrogens with zero attached hydrogens (tertiary/aromatic N) is 1. The number of hydrogen-bond donors (Lipinski definition) is 2. The predicted octanol–water partition coefficient (Wildman–Crippen LogP) is 0.904. The Bertz CT molecular complexity index is 161. The van der Waals surface area contributed by atoms with E-state index in [1.165, 1.54) is 12.2 Å². The van der Waals surface area contributed by atoms with Crippen molar-refractivity contribution in [1.29, 1.82) is 0 Å². The summed E-state index contributed by atoms with van der Waals surface area (Å²) < 4.78 is 5.17. The van der Waals surface area contributed by atoms with Crippen molar-refractivity contribution in [2.24, 2.45) is 10.7 Å². The van der Waals surface area contributed by atoms with Crippen LogP contribution in [-0.2, 0) is 4.74 Å². The molecule has 1 heterocycles. The summed E-state index contributed by atoms with van der Waals surface area (Å²) in [5.41, 5.74) is 5.42. The van der Waals surface area contributed by atoms with E-state index in [0.717, 1.165) is 23.9 Å². The van der Waals surface area contributed by atoms with Crippen LogP contribution in [0.1, 0.15) is 12.8 Å². The number of methoxy groups -OCH3 is 1. The lowest BCUT2D eigenvalue weighted by Gasteiger charge is -2.14. The maximum Gasteiger partial charge on any atom is 0.225 e. The molecule has 0 aromatic heterocycles. The summed E-state index contributed by atoms with van der Waals surface area (Å²) in [5.74, 6) is 2.32. The van der Waals surface area contributed by atoms with Crippen LogP contribution in [0.2, 0.25) is 0 Å². The number of unbranched alkanes of at least 4 members (excludes halogenated alkanes) is 1. The highest BCUT2D eigenvalue weighted by Crippen LogP contribution is 2.34. The lowest BCUT2D eigenvalue weighted by molar-refractivity contribution is 0.416. The third kappa shape index (κ3) is 2.68. The maximum absolute atomic E-state index is 5.42. The normalized spacial score (nSPS) is 25.5. The fourth-order valence-electron chi connectivity index (χ4n) is 1.19. The van der Waals surface area contributed by atoms with Crippen molar-refractivity contribution in [2.45, 2.75) is 12.8 Å². The topological polar surface area (TPSA) is 47.6 Å². The van der Waals surface area contributed by atoms with Crippen LogP contribution >= 0.6 is 10.9 Å². The van der Waals surface area contributed by atoms with Crippen molar-refractivity contribution in [3.8, 4) is 0 Å². The van der Waals surface area contributed by atoms with Crippen LogP contribution in [0.3, 0.4) is 0 Å². The first-order valence-corrected chi connectivity index (χ1v) is 5.98. The van der Waals surface area contributed by atoms with Gasteiger partial charge >= 0.3 is 0 Å². The fraction of sp³-hybridized carbons (Fsp3) is 0.750. The number of thiol groups is 1. The van der Waals surface area contributed by atoms with Gasteiger partial charge in [0.05, 0.1) is 13.7 Å². The largest absolute Gasteiger partial charge is 0.478 e. The van der Waals surface area contributed by atoms with Crippen LogP contribution in [0.15, 0.2) is 4.99 Å². The summed E-state index contributed by atoms with van der Waals surface area (Å²) in [6, 6.07) is 0. The summed E-state index contributed by atoms with van der Waals surface area (Å²) in [6.45, 7) is 2.76. The first kappa shape index (κ1) is 9.86. The molecule has 2 N–H and O–H groups in total. The van der Waals surface area contributed by atoms with Crippen LogP contribution in [0.5, 0.6) is 0 Å². The molecule has 1 aliphatic heterocycles. The zero-order valence-corrected chi connectivity index (χ0v) is 8.39. The summed E-state index contributed by atoms with van der Waals surface area (Å²) >= 11 is 0. The molecule has 0 aromatic rings. The number of nitrogens with two attached hydrogens (primary N) is 1. The van der Waals surface area contributed by atoms with Crippen LogP contribution in [0.4, 0.5) is 0 Å². The monoisotopic (exact) mass is 189 g/mol. The van der Waals surface area contributed by atoms with Gasteiger partial charge in [0, 0.05) is 5.75 Å². The van der Waals surface area contributed by atoms with Crippen LogP contribution in [0, 0.1) is 6.54 Å². The highest BCUT2D eigenvalue weighted by Gasteiger charge is 2.17. The number of ether oxygens (including phenoxy) is 1. The minimum absolute atomic E-state index is 0.104. The fourth-order valence-corrected chi connectivity index (χ4v) is 3.11. The van der Waals surface area contributed by atoms with Gasteiger partial charge in [-0.2, -0.15) is 10.9 Å². The quantitative estimate of drug-likeness (QED) is 0.510. The molecule has 0 amide bonds. The average Bonchev–Trinajstić information content (AvgIpc) is 2.52. The Hall–Kier alpha value is -0.220. The van der Waals surface area contributed by atoms with Crippen LogP contribution in [-0.4, -0.2) is 30.4 Å². The molecule has 71 valence electrons. The first-order valence-electron chi connectivity index (χ1n) is 4.27. The molecule has 12 heavy (non-hydrogen) atoms. The smallest absolute Gasteiger partial charge is 0.225 e. The molecular formula is C8H17N2OS. The van der Waals surface area contributed by atoms with Gasteiger partial charge in [-0.15, -0.1) is 0 Å². The lowest BCUT2D eigenvalue weighted by Crippen LogP contribution is -2.05. The van der Waals surface area contributed by atoms with Crippen LogP contribution < -0.4 is 5.73 Å². The molecule has 1 aliphatic rings. The third-order valence-electron chi connectivity index (χ3n) is 1.84. The van der Waals surface area contributed by atoms with E-state index in [-0.39, 0.29) is 10.9 Å². The summed E-state index contributed by atoms with van der Waals surface area (Å²) in [4.78, 5) is 4.18. The Balaban J connectivity index is 2.19.